The molecular formula is C17H18N6O. The number of amides is 1. The Bertz CT molecular complexity index is 889. The number of hydrogen-bond acceptors (Lipinski definition) is 5. The van der Waals surface area contributed by atoms with Gasteiger partial charge in [0, 0.05) is 19.2 Å². The first-order chi connectivity index (χ1) is 11.8. The number of carbonyl (C=O) groups is 1. The summed E-state index contributed by atoms with van der Waals surface area (Å²) in [6.45, 7) is 0.732. The summed E-state index contributed by atoms with van der Waals surface area (Å²) in [7, 11) is 1.81. The zero-order valence-electron chi connectivity index (χ0n) is 13.4. The summed E-state index contributed by atoms with van der Waals surface area (Å²) < 4.78 is 0. The molecule has 1 aromatic carbocycles. The zero-order valence-corrected chi connectivity index (χ0v) is 13.4. The van der Waals surface area contributed by atoms with Crippen molar-refractivity contribution in [2.24, 2.45) is 0 Å². The molecule has 0 radical (unpaired) electrons. The number of benzene rings is 1. The number of rotatable bonds is 3. The summed E-state index contributed by atoms with van der Waals surface area (Å²) in [5.74, 6) is 0.733. The summed E-state index contributed by atoms with van der Waals surface area (Å²) in [6.07, 6.45) is 6.93. The first kappa shape index (κ1) is 14.6. The monoisotopic (exact) mass is 322 g/mol. The predicted molar refractivity (Wildman–Crippen MR) is 90.7 cm³/mol. The van der Waals surface area contributed by atoms with Gasteiger partial charge in [-0.1, -0.05) is 0 Å². The van der Waals surface area contributed by atoms with E-state index in [1.54, 1.807) is 18.7 Å². The van der Waals surface area contributed by atoms with E-state index >= 15 is 0 Å². The van der Waals surface area contributed by atoms with Gasteiger partial charge in [-0.3, -0.25) is 9.78 Å². The lowest BCUT2D eigenvalue weighted by Gasteiger charge is -2.24. The summed E-state index contributed by atoms with van der Waals surface area (Å²) >= 11 is 0. The van der Waals surface area contributed by atoms with Crippen LogP contribution in [0.25, 0.3) is 11.0 Å². The number of fused-ring (bicyclic) bond motifs is 1. The lowest BCUT2D eigenvalue weighted by molar-refractivity contribution is 0.0733. The van der Waals surface area contributed by atoms with Crippen LogP contribution in [0, 0.1) is 0 Å². The molecule has 3 heterocycles. The summed E-state index contributed by atoms with van der Waals surface area (Å²) in [5, 5.41) is 3.00. The van der Waals surface area contributed by atoms with Gasteiger partial charge in [-0.05, 0) is 31.0 Å². The molecule has 2 N–H and O–H groups in total. The maximum atomic E-state index is 13.0. The Morgan fingerprint density at radius 3 is 3.17 bits per heavy atom. The van der Waals surface area contributed by atoms with E-state index in [0.717, 1.165) is 36.1 Å². The van der Waals surface area contributed by atoms with Crippen LogP contribution in [-0.4, -0.2) is 44.3 Å². The Hall–Kier alpha value is -2.96. The highest BCUT2D eigenvalue weighted by Gasteiger charge is 2.32. The molecule has 2 aromatic heterocycles. The van der Waals surface area contributed by atoms with E-state index in [1.165, 1.54) is 0 Å². The molecule has 0 aliphatic carbocycles. The Morgan fingerprint density at radius 2 is 2.29 bits per heavy atom. The summed E-state index contributed by atoms with van der Waals surface area (Å²) in [6, 6.07) is 5.52. The number of nitrogens with zero attached hydrogens (tertiary/aromatic N) is 4. The van der Waals surface area contributed by atoms with E-state index < -0.39 is 0 Å². The minimum absolute atomic E-state index is 0.0191. The average Bonchev–Trinajstić information content (AvgIpc) is 3.29. The second kappa shape index (κ2) is 5.92. The number of likely N-dealkylation sites (tertiary alicyclic amines) is 1. The predicted octanol–water partition coefficient (Wildman–Crippen LogP) is 2.37. The number of nitrogens with one attached hydrogen (secondary N) is 2. The van der Waals surface area contributed by atoms with Crippen LogP contribution in [-0.2, 0) is 0 Å². The molecule has 0 unspecified atom stereocenters. The fourth-order valence-corrected chi connectivity index (χ4v) is 3.21. The van der Waals surface area contributed by atoms with Gasteiger partial charge in [-0.2, -0.15) is 0 Å². The molecule has 7 nitrogen and oxygen atoms in total. The fraction of sp³-hybridized carbons (Fsp3) is 0.294. The molecule has 24 heavy (non-hydrogen) atoms. The third-order valence-corrected chi connectivity index (χ3v) is 4.43. The molecule has 3 aromatic rings. The quantitative estimate of drug-likeness (QED) is 0.773. The van der Waals surface area contributed by atoms with Gasteiger partial charge in [0.25, 0.3) is 5.91 Å². The molecule has 122 valence electrons. The van der Waals surface area contributed by atoms with Crippen molar-refractivity contribution in [2.75, 3.05) is 18.9 Å². The number of anilines is 1. The number of H-pyrrole nitrogens is 1. The van der Waals surface area contributed by atoms with Crippen LogP contribution in [0.2, 0.25) is 0 Å². The highest BCUT2D eigenvalue weighted by Crippen LogP contribution is 2.32. The third kappa shape index (κ3) is 2.47. The van der Waals surface area contributed by atoms with E-state index in [2.05, 4.69) is 25.3 Å². The van der Waals surface area contributed by atoms with Crippen molar-refractivity contribution in [1.29, 1.82) is 0 Å². The zero-order chi connectivity index (χ0) is 16.5. The van der Waals surface area contributed by atoms with Crippen LogP contribution in [0.5, 0.6) is 0 Å². The van der Waals surface area contributed by atoms with Crippen molar-refractivity contribution in [3.8, 4) is 0 Å². The van der Waals surface area contributed by atoms with Gasteiger partial charge in [0.15, 0.2) is 0 Å². The van der Waals surface area contributed by atoms with E-state index in [-0.39, 0.29) is 11.9 Å². The minimum atomic E-state index is -0.0317. The van der Waals surface area contributed by atoms with Crippen LogP contribution < -0.4 is 5.32 Å². The van der Waals surface area contributed by atoms with E-state index in [4.69, 9.17) is 0 Å². The molecule has 0 saturated carbocycles. The van der Waals surface area contributed by atoms with Gasteiger partial charge in [0.05, 0.1) is 41.5 Å². The second-order valence-electron chi connectivity index (χ2n) is 5.87. The highest BCUT2D eigenvalue weighted by atomic mass is 16.2. The SMILES string of the molecule is CNc1cncc([C@@H]2CCCN2C(=O)c2ccc3nc[nH]c3c2)n1. The molecule has 1 aliphatic heterocycles. The van der Waals surface area contributed by atoms with E-state index in [9.17, 15) is 4.79 Å². The number of imidazole rings is 1. The number of aromatic nitrogens is 4. The Balaban J connectivity index is 1.64. The van der Waals surface area contributed by atoms with E-state index in [0.29, 0.717) is 11.4 Å². The molecule has 4 rings (SSSR count). The van der Waals surface area contributed by atoms with Crippen LogP contribution in [0.15, 0.2) is 36.9 Å². The van der Waals surface area contributed by atoms with Gasteiger partial charge in [0.1, 0.15) is 5.82 Å². The standard InChI is InChI=1S/C17H18N6O/c1-18-16-9-19-8-14(22-16)15-3-2-6-23(15)17(24)11-4-5-12-13(7-11)21-10-20-12/h4-5,7-10,15H,2-3,6H2,1H3,(H,18,22)(H,20,21)/t15-/m0/s1. The van der Waals surface area contributed by atoms with Crippen molar-refractivity contribution >= 4 is 22.8 Å². The first-order valence-electron chi connectivity index (χ1n) is 8.00. The average molecular weight is 322 g/mol. The number of hydrogen-bond donors (Lipinski definition) is 2. The largest absolute Gasteiger partial charge is 0.372 e. The van der Waals surface area contributed by atoms with Crippen molar-refractivity contribution in [3.63, 3.8) is 0 Å². The highest BCUT2D eigenvalue weighted by molar-refractivity contribution is 5.97. The lowest BCUT2D eigenvalue weighted by Crippen LogP contribution is -2.31. The number of carbonyl (C=O) groups excluding carboxylic acids is 1. The maximum Gasteiger partial charge on any atom is 0.254 e. The van der Waals surface area contributed by atoms with Crippen molar-refractivity contribution < 1.29 is 4.79 Å². The van der Waals surface area contributed by atoms with Crippen LogP contribution in [0.3, 0.4) is 0 Å². The molecule has 1 amide bonds. The van der Waals surface area contributed by atoms with Gasteiger partial charge in [-0.25, -0.2) is 9.97 Å². The molecule has 0 bridgehead atoms. The van der Waals surface area contributed by atoms with Crippen LogP contribution in [0.4, 0.5) is 5.82 Å². The number of aromatic amines is 1. The van der Waals surface area contributed by atoms with Gasteiger partial charge in [-0.15, -0.1) is 0 Å². The molecule has 0 spiro atoms. The summed E-state index contributed by atoms with van der Waals surface area (Å²) in [4.78, 5) is 30.9. The first-order valence-corrected chi connectivity index (χ1v) is 8.00. The molecular weight excluding hydrogens is 304 g/mol. The maximum absolute atomic E-state index is 13.0. The van der Waals surface area contributed by atoms with Crippen LogP contribution >= 0.6 is 0 Å². The van der Waals surface area contributed by atoms with Crippen molar-refractivity contribution in [1.82, 2.24) is 24.8 Å². The van der Waals surface area contributed by atoms with Crippen molar-refractivity contribution in [3.05, 3.63) is 48.2 Å². The topological polar surface area (TPSA) is 86.8 Å². The lowest BCUT2D eigenvalue weighted by atomic mass is 10.1. The van der Waals surface area contributed by atoms with Gasteiger partial charge < -0.3 is 15.2 Å². The third-order valence-electron chi connectivity index (χ3n) is 4.43. The molecule has 1 fully saturated rings. The molecule has 1 saturated heterocycles. The normalized spacial score (nSPS) is 17.4. The van der Waals surface area contributed by atoms with Crippen LogP contribution in [0.1, 0.15) is 34.9 Å². The molecule has 7 heteroatoms. The van der Waals surface area contributed by atoms with Gasteiger partial charge >= 0.3 is 0 Å². The molecule has 1 atom stereocenters. The van der Waals surface area contributed by atoms with Gasteiger partial charge in [0.2, 0.25) is 0 Å². The minimum Gasteiger partial charge on any atom is -0.372 e. The molecule has 1 aliphatic rings. The Kier molecular flexibility index (Phi) is 3.60. The summed E-state index contributed by atoms with van der Waals surface area (Å²) in [5.41, 5.74) is 3.22. The Labute approximate surface area is 139 Å². The smallest absolute Gasteiger partial charge is 0.254 e. The van der Waals surface area contributed by atoms with Crippen molar-refractivity contribution in [2.45, 2.75) is 18.9 Å². The Morgan fingerprint density at radius 1 is 1.38 bits per heavy atom. The fourth-order valence-electron chi connectivity index (χ4n) is 3.21. The van der Waals surface area contributed by atoms with E-state index in [1.807, 2.05) is 30.1 Å². The second-order valence-corrected chi connectivity index (χ2v) is 5.87.